The fourth-order valence-electron chi connectivity index (χ4n) is 7.08. The highest BCUT2D eigenvalue weighted by molar-refractivity contribution is 6.67. The lowest BCUT2D eigenvalue weighted by Gasteiger charge is -2.47. The summed E-state index contributed by atoms with van der Waals surface area (Å²) in [6.07, 6.45) is 13.6. The summed E-state index contributed by atoms with van der Waals surface area (Å²) in [5.41, 5.74) is 0.716. The van der Waals surface area contributed by atoms with Crippen LogP contribution in [0.5, 0.6) is 0 Å². The van der Waals surface area contributed by atoms with E-state index < -0.39 is 65.5 Å². The summed E-state index contributed by atoms with van der Waals surface area (Å²) in [6.45, 7) is 3.86. The molecule has 0 saturated carbocycles. The average Bonchev–Trinajstić information content (AvgIpc) is 3.17. The smallest absolute Gasteiger partial charge is 0.407 e. The van der Waals surface area contributed by atoms with E-state index in [1.54, 1.807) is 0 Å². The second-order valence-electron chi connectivity index (χ2n) is 15.1. The van der Waals surface area contributed by atoms with Crippen LogP contribution in [0, 0.1) is 0 Å². The molecule has 320 valence electrons. The number of rotatable bonds is 27. The van der Waals surface area contributed by atoms with Gasteiger partial charge in [0.25, 0.3) is 0 Å². The van der Waals surface area contributed by atoms with Crippen LogP contribution < -0.4 is 5.32 Å². The molecule has 11 nitrogen and oxygen atoms in total. The van der Waals surface area contributed by atoms with Gasteiger partial charge in [-0.3, -0.25) is 9.59 Å². The van der Waals surface area contributed by atoms with Gasteiger partial charge in [0.1, 0.15) is 31.0 Å². The first-order chi connectivity index (χ1) is 27.0. The fraction of sp³-hybridized carbons (Fsp3) is 0.786. The number of fused-ring (bicyclic) bond motifs is 1. The average molecular weight is 851 g/mol. The molecule has 2 aliphatic rings. The summed E-state index contributed by atoms with van der Waals surface area (Å²) in [5.74, 6) is -1.02. The maximum Gasteiger partial charge on any atom is 0.407 e. The number of hydrogen-bond acceptors (Lipinski definition) is 10. The highest BCUT2D eigenvalue weighted by atomic mass is 35.6. The largest absolute Gasteiger partial charge is 0.462 e. The van der Waals surface area contributed by atoms with Gasteiger partial charge >= 0.3 is 18.0 Å². The molecule has 0 spiro atoms. The molecule has 0 aromatic heterocycles. The van der Waals surface area contributed by atoms with E-state index in [4.69, 9.17) is 63.2 Å². The number of nitrogens with one attached hydrogen (secondary N) is 1. The van der Waals surface area contributed by atoms with Crippen molar-refractivity contribution in [3.63, 3.8) is 0 Å². The molecule has 1 amide bonds. The molecule has 2 N–H and O–H groups in total. The van der Waals surface area contributed by atoms with Gasteiger partial charge in [-0.15, -0.1) is 0 Å². The Hall–Kier alpha value is -1.86. The standard InChI is InChI=1S/C42H66Cl3NO10/c1-3-5-7-9-11-13-15-17-22-26-32(53-34(47)27-23-18-16-14-12-10-8-6-4-2)28-35(48)55-38-36(46-41(50)52-30-42(43,44)45)39(49)54-33-29-51-40(56-37(33)38)31-24-20-19-21-25-31/h19-21,24-25,32-33,36-40,49H,3-18,22-23,26-30H2,1-2H3,(H,46,50)/t32-,33?,36+,37-,38?,39?,40?/m1/s1. The van der Waals surface area contributed by atoms with Gasteiger partial charge in [0.05, 0.1) is 13.0 Å². The molecule has 2 saturated heterocycles. The van der Waals surface area contributed by atoms with E-state index in [-0.39, 0.29) is 25.4 Å². The number of carbonyl (C=O) groups excluding carboxylic acids is 3. The highest BCUT2D eigenvalue weighted by Gasteiger charge is 2.52. The lowest BCUT2D eigenvalue weighted by molar-refractivity contribution is -0.338. The van der Waals surface area contributed by atoms with Gasteiger partial charge in [-0.25, -0.2) is 4.79 Å². The summed E-state index contributed by atoms with van der Waals surface area (Å²) in [7, 11) is 0. The zero-order valence-corrected chi connectivity index (χ0v) is 35.7. The number of halogens is 3. The third kappa shape index (κ3) is 19.7. The van der Waals surface area contributed by atoms with Crippen molar-refractivity contribution in [1.82, 2.24) is 5.32 Å². The minimum atomic E-state index is -1.88. The lowest BCUT2D eigenvalue weighted by atomic mass is 9.95. The van der Waals surface area contributed by atoms with Crippen LogP contribution >= 0.6 is 34.8 Å². The van der Waals surface area contributed by atoms with Crippen LogP contribution in [-0.2, 0) is 38.0 Å². The number of esters is 2. The van der Waals surface area contributed by atoms with Gasteiger partial charge in [-0.1, -0.05) is 182 Å². The van der Waals surface area contributed by atoms with E-state index in [1.807, 2.05) is 30.3 Å². The number of carbonyl (C=O) groups is 3. The number of unbranched alkanes of at least 4 members (excludes halogenated alkanes) is 16. The van der Waals surface area contributed by atoms with Crippen molar-refractivity contribution >= 4 is 52.8 Å². The second-order valence-corrected chi connectivity index (χ2v) is 17.6. The fourth-order valence-corrected chi connectivity index (χ4v) is 7.25. The molecule has 7 atom stereocenters. The van der Waals surface area contributed by atoms with E-state index in [0.29, 0.717) is 12.0 Å². The number of amides is 1. The maximum absolute atomic E-state index is 13.8. The van der Waals surface area contributed by atoms with Crippen molar-refractivity contribution in [2.75, 3.05) is 13.2 Å². The molecular weight excluding hydrogens is 785 g/mol. The lowest BCUT2D eigenvalue weighted by Crippen LogP contribution is -2.67. The van der Waals surface area contributed by atoms with E-state index in [1.165, 1.54) is 64.2 Å². The molecule has 1 aromatic carbocycles. The van der Waals surface area contributed by atoms with Crippen LogP contribution in [0.3, 0.4) is 0 Å². The molecular formula is C42H66Cl3NO10. The molecule has 2 heterocycles. The Morgan fingerprint density at radius 2 is 1.38 bits per heavy atom. The molecule has 4 unspecified atom stereocenters. The molecule has 2 fully saturated rings. The van der Waals surface area contributed by atoms with Crippen LogP contribution in [0.25, 0.3) is 0 Å². The number of hydrogen-bond donors (Lipinski definition) is 2. The summed E-state index contributed by atoms with van der Waals surface area (Å²) >= 11 is 17.3. The summed E-state index contributed by atoms with van der Waals surface area (Å²) < 4.78 is 33.1. The predicted octanol–water partition coefficient (Wildman–Crippen LogP) is 10.3. The van der Waals surface area contributed by atoms with E-state index in [9.17, 15) is 19.5 Å². The van der Waals surface area contributed by atoms with Crippen LogP contribution in [-0.4, -0.2) is 76.9 Å². The molecule has 0 radical (unpaired) electrons. The van der Waals surface area contributed by atoms with Crippen molar-refractivity contribution in [3.05, 3.63) is 35.9 Å². The normalized spacial score (nSPS) is 22.8. The predicted molar refractivity (Wildman–Crippen MR) is 218 cm³/mol. The van der Waals surface area contributed by atoms with Gasteiger partial charge in [0.15, 0.2) is 18.7 Å². The number of alkyl halides is 3. The van der Waals surface area contributed by atoms with Crippen LogP contribution in [0.4, 0.5) is 4.79 Å². The molecule has 14 heteroatoms. The monoisotopic (exact) mass is 849 g/mol. The van der Waals surface area contributed by atoms with Gasteiger partial charge < -0.3 is 38.8 Å². The SMILES string of the molecule is CCCCCCCCCCCC(=O)O[C@H](CCCCCCCCCCC)CC(=O)OC1[C@H](NC(=O)OCC(Cl)(Cl)Cl)C(O)OC2COC(c3ccccc3)O[C@H]21. The van der Waals surface area contributed by atoms with Gasteiger partial charge in [0, 0.05) is 12.0 Å². The molecule has 56 heavy (non-hydrogen) atoms. The first kappa shape index (κ1) is 48.5. The third-order valence-corrected chi connectivity index (χ3v) is 10.5. The molecule has 2 aliphatic heterocycles. The first-order valence-electron chi connectivity index (χ1n) is 21.0. The number of aliphatic hydroxyl groups is 1. The minimum Gasteiger partial charge on any atom is -0.462 e. The first-order valence-corrected chi connectivity index (χ1v) is 22.2. The second kappa shape index (κ2) is 27.8. The number of alkyl carbamates (subject to hydrolysis) is 1. The third-order valence-electron chi connectivity index (χ3n) is 10.2. The minimum absolute atomic E-state index is 0.0114. The van der Waals surface area contributed by atoms with Crippen molar-refractivity contribution in [3.8, 4) is 0 Å². The zero-order chi connectivity index (χ0) is 40.6. The summed E-state index contributed by atoms with van der Waals surface area (Å²) in [6, 6.07) is 7.85. The Labute approximate surface area is 349 Å². The summed E-state index contributed by atoms with van der Waals surface area (Å²) in [4.78, 5) is 39.6. The van der Waals surface area contributed by atoms with Gasteiger partial charge in [-0.2, -0.15) is 0 Å². The zero-order valence-electron chi connectivity index (χ0n) is 33.4. The van der Waals surface area contributed by atoms with Gasteiger partial charge in [-0.05, 0) is 19.3 Å². The Balaban J connectivity index is 1.66. The Bertz CT molecular complexity index is 1240. The molecule has 0 aliphatic carbocycles. The Kier molecular flexibility index (Phi) is 24.0. The van der Waals surface area contributed by atoms with Gasteiger partial charge in [0.2, 0.25) is 3.79 Å². The van der Waals surface area contributed by atoms with E-state index in [0.717, 1.165) is 51.4 Å². The van der Waals surface area contributed by atoms with E-state index in [2.05, 4.69) is 19.2 Å². The maximum atomic E-state index is 13.8. The van der Waals surface area contributed by atoms with Crippen molar-refractivity contribution in [1.29, 1.82) is 0 Å². The van der Waals surface area contributed by atoms with Crippen LogP contribution in [0.1, 0.15) is 161 Å². The quantitative estimate of drug-likeness (QED) is 0.0381. The topological polar surface area (TPSA) is 139 Å². The number of aliphatic hydroxyl groups excluding tert-OH is 1. The molecule has 0 bridgehead atoms. The molecule has 3 rings (SSSR count). The van der Waals surface area contributed by atoms with Crippen LogP contribution in [0.15, 0.2) is 30.3 Å². The summed E-state index contributed by atoms with van der Waals surface area (Å²) in [5, 5.41) is 13.5. The number of benzene rings is 1. The molecule has 1 aromatic rings. The highest BCUT2D eigenvalue weighted by Crippen LogP contribution is 2.35. The Morgan fingerprint density at radius 1 is 0.804 bits per heavy atom. The number of ether oxygens (including phenoxy) is 6. The van der Waals surface area contributed by atoms with E-state index >= 15 is 0 Å². The Morgan fingerprint density at radius 3 is 1.96 bits per heavy atom. The van der Waals surface area contributed by atoms with Crippen molar-refractivity contribution in [2.24, 2.45) is 0 Å². The van der Waals surface area contributed by atoms with Crippen LogP contribution in [0.2, 0.25) is 0 Å². The van der Waals surface area contributed by atoms with Crippen molar-refractivity contribution < 1.29 is 47.9 Å². The van der Waals surface area contributed by atoms with Crippen molar-refractivity contribution in [2.45, 2.75) is 196 Å².